The maximum Gasteiger partial charge on any atom is 1.00 e. The molecule has 1 aromatic rings. The van der Waals surface area contributed by atoms with Crippen molar-refractivity contribution in [3.8, 4) is 0 Å². The molecule has 3 rings (SSSR count). The van der Waals surface area contributed by atoms with Gasteiger partial charge in [-0.3, -0.25) is 0 Å². The van der Waals surface area contributed by atoms with Gasteiger partial charge in [0.1, 0.15) is 17.2 Å². The zero-order valence-electron chi connectivity index (χ0n) is 23.3. The second-order valence-corrected chi connectivity index (χ2v) is 11.7. The van der Waals surface area contributed by atoms with Gasteiger partial charge < -0.3 is 34.9 Å². The Bertz CT molecular complexity index is 1240. The van der Waals surface area contributed by atoms with E-state index in [0.717, 1.165) is 4.68 Å². The predicted molar refractivity (Wildman–Crippen MR) is 130 cm³/mol. The zero-order valence-corrected chi connectivity index (χ0v) is 26.2. The van der Waals surface area contributed by atoms with Crippen LogP contribution in [0.25, 0.3) is 0 Å². The number of aromatic nitrogens is 2. The standard InChI is InChI=1S/C21H33N7O10S.Na/c1-20(2,3)36-17(30)23-8-7-22-16(29)27-10-12-13(9-24-18(31)37-21(4,5)6)26-11-14(15(12)25-27)28(19(26)32)38-39(33,34)35;/h10,13-14H,7-9,11H2,1-6H3,(H,22,29)(H,23,30)(H,24,31)(H,33,34,35);/q;+1/p-1/t13-,14?;/m1./s1. The van der Waals surface area contributed by atoms with Crippen molar-refractivity contribution >= 4 is 34.6 Å². The molecule has 0 saturated carbocycles. The number of urea groups is 1. The summed E-state index contributed by atoms with van der Waals surface area (Å²) < 4.78 is 49.4. The summed E-state index contributed by atoms with van der Waals surface area (Å²) in [6, 6.07) is -3.64. The third-order valence-electron chi connectivity index (χ3n) is 5.20. The van der Waals surface area contributed by atoms with E-state index in [1.54, 1.807) is 41.5 Å². The Hall–Kier alpha value is -2.64. The Kier molecular flexibility index (Phi) is 10.5. The summed E-state index contributed by atoms with van der Waals surface area (Å²) in [6.07, 6.45) is -0.111. The average molecular weight is 598 g/mol. The molecule has 2 aliphatic heterocycles. The number of fused-ring (bicyclic) bond motifs is 4. The maximum absolute atomic E-state index is 12.9. The molecule has 17 nitrogen and oxygen atoms in total. The predicted octanol–water partition coefficient (Wildman–Crippen LogP) is -2.28. The molecule has 2 atom stereocenters. The molecule has 0 aliphatic carbocycles. The molecule has 3 N–H and O–H groups in total. The number of nitrogens with zero attached hydrogens (tertiary/aromatic N) is 4. The minimum atomic E-state index is -5.31. The van der Waals surface area contributed by atoms with E-state index in [1.807, 2.05) is 0 Å². The Balaban J connectivity index is 0.00000560. The summed E-state index contributed by atoms with van der Waals surface area (Å²) in [5.41, 5.74) is -1.06. The van der Waals surface area contributed by atoms with Gasteiger partial charge in [0, 0.05) is 31.4 Å². The van der Waals surface area contributed by atoms with E-state index in [1.165, 1.54) is 11.1 Å². The first-order chi connectivity index (χ1) is 17.8. The third kappa shape index (κ3) is 8.93. The first-order valence-corrected chi connectivity index (χ1v) is 13.2. The fraction of sp³-hybridized carbons (Fsp3) is 0.667. The van der Waals surface area contributed by atoms with Crippen LogP contribution in [0.3, 0.4) is 0 Å². The fourth-order valence-electron chi connectivity index (χ4n) is 3.87. The van der Waals surface area contributed by atoms with Gasteiger partial charge in [0.25, 0.3) is 0 Å². The van der Waals surface area contributed by atoms with E-state index in [-0.39, 0.29) is 61.4 Å². The minimum Gasteiger partial charge on any atom is -0.724 e. The van der Waals surface area contributed by atoms with Crippen LogP contribution in [-0.4, -0.2) is 94.3 Å². The molecule has 19 heteroatoms. The van der Waals surface area contributed by atoms with Crippen LogP contribution in [-0.2, 0) is 24.2 Å². The number of hydrogen-bond acceptors (Lipinski definition) is 11. The summed E-state index contributed by atoms with van der Waals surface area (Å²) >= 11 is 0. The van der Waals surface area contributed by atoms with Gasteiger partial charge in [-0.25, -0.2) is 27.6 Å². The van der Waals surface area contributed by atoms with Crippen LogP contribution in [0.15, 0.2) is 6.20 Å². The van der Waals surface area contributed by atoms with Gasteiger partial charge in [0.05, 0.1) is 18.3 Å². The molecule has 40 heavy (non-hydrogen) atoms. The molecule has 218 valence electrons. The van der Waals surface area contributed by atoms with E-state index >= 15 is 0 Å². The van der Waals surface area contributed by atoms with Crippen LogP contribution >= 0.6 is 0 Å². The number of ether oxygens (including phenoxy) is 2. The number of nitrogens with one attached hydrogen (secondary N) is 3. The second-order valence-electron chi connectivity index (χ2n) is 10.7. The van der Waals surface area contributed by atoms with E-state index < -0.39 is 57.9 Å². The Morgan fingerprint density at radius 2 is 1.57 bits per heavy atom. The van der Waals surface area contributed by atoms with Crippen molar-refractivity contribution in [3.63, 3.8) is 0 Å². The quantitative estimate of drug-likeness (QED) is 0.132. The van der Waals surface area contributed by atoms with E-state index in [0.29, 0.717) is 10.6 Å². The zero-order chi connectivity index (χ0) is 29.3. The number of alkyl carbamates (subject to hydrolysis) is 2. The molecular formula is C21H32N7NaO10S. The summed E-state index contributed by atoms with van der Waals surface area (Å²) in [6.45, 7) is 9.91. The van der Waals surface area contributed by atoms with Crippen LogP contribution in [0.4, 0.5) is 19.2 Å². The van der Waals surface area contributed by atoms with Gasteiger partial charge in [-0.2, -0.15) is 19.1 Å². The topological polar surface area (TPSA) is 214 Å². The first kappa shape index (κ1) is 33.6. The van der Waals surface area contributed by atoms with Crippen LogP contribution in [0.5, 0.6) is 0 Å². The van der Waals surface area contributed by atoms with Crippen molar-refractivity contribution in [3.05, 3.63) is 17.5 Å². The number of amides is 5. The normalized spacial score (nSPS) is 18.4. The molecular weight excluding hydrogens is 565 g/mol. The monoisotopic (exact) mass is 597 g/mol. The summed E-state index contributed by atoms with van der Waals surface area (Å²) in [4.78, 5) is 50.7. The molecule has 0 radical (unpaired) electrons. The van der Waals surface area contributed by atoms with Gasteiger partial charge in [0.15, 0.2) is 0 Å². The van der Waals surface area contributed by atoms with Crippen molar-refractivity contribution in [2.75, 3.05) is 26.2 Å². The number of carbonyl (C=O) groups excluding carboxylic acids is 4. The van der Waals surface area contributed by atoms with Gasteiger partial charge in [-0.05, 0) is 41.5 Å². The molecule has 5 amide bonds. The Morgan fingerprint density at radius 3 is 2.12 bits per heavy atom. The van der Waals surface area contributed by atoms with Gasteiger partial charge in [-0.15, -0.1) is 0 Å². The van der Waals surface area contributed by atoms with Gasteiger partial charge in [0.2, 0.25) is 10.4 Å². The number of hydrogen-bond donors (Lipinski definition) is 3. The third-order valence-corrected chi connectivity index (χ3v) is 5.54. The molecule has 1 unspecified atom stereocenters. The summed E-state index contributed by atoms with van der Waals surface area (Å²) in [5.74, 6) is 0. The Morgan fingerprint density at radius 1 is 1.02 bits per heavy atom. The number of hydroxylamine groups is 2. The Labute approximate surface area is 253 Å². The smallest absolute Gasteiger partial charge is 0.724 e. The largest absolute Gasteiger partial charge is 1.00 e. The van der Waals surface area contributed by atoms with Gasteiger partial charge >= 0.3 is 53.8 Å². The van der Waals surface area contributed by atoms with Crippen molar-refractivity contribution in [1.82, 2.24) is 35.7 Å². The van der Waals surface area contributed by atoms with E-state index in [2.05, 4.69) is 25.3 Å². The fourth-order valence-corrected chi connectivity index (χ4v) is 4.23. The molecule has 1 aromatic heterocycles. The molecule has 1 saturated heterocycles. The summed E-state index contributed by atoms with van der Waals surface area (Å²) in [5, 5.41) is 12.2. The minimum absolute atomic E-state index is 0. The molecule has 2 aliphatic rings. The summed E-state index contributed by atoms with van der Waals surface area (Å²) in [7, 11) is -5.31. The molecule has 3 heterocycles. The van der Waals surface area contributed by atoms with Crippen molar-refractivity contribution in [1.29, 1.82) is 0 Å². The second kappa shape index (κ2) is 12.5. The molecule has 0 aromatic carbocycles. The van der Waals surface area contributed by atoms with Crippen LogP contribution < -0.4 is 45.5 Å². The van der Waals surface area contributed by atoms with Crippen molar-refractivity contribution in [2.45, 2.75) is 64.8 Å². The van der Waals surface area contributed by atoms with E-state index in [4.69, 9.17) is 9.47 Å². The number of carbonyl (C=O) groups is 4. The van der Waals surface area contributed by atoms with Crippen molar-refractivity contribution < 1.29 is 75.5 Å². The van der Waals surface area contributed by atoms with E-state index in [9.17, 15) is 32.1 Å². The van der Waals surface area contributed by atoms with Crippen LogP contribution in [0.1, 0.15) is 64.9 Å². The van der Waals surface area contributed by atoms with Crippen LogP contribution in [0.2, 0.25) is 0 Å². The van der Waals surface area contributed by atoms with Crippen LogP contribution in [0, 0.1) is 0 Å². The molecule has 1 fully saturated rings. The molecule has 2 bridgehead atoms. The average Bonchev–Trinajstić information content (AvgIpc) is 3.30. The number of rotatable bonds is 7. The van der Waals surface area contributed by atoms with Gasteiger partial charge in [-0.1, -0.05) is 0 Å². The van der Waals surface area contributed by atoms with Crippen molar-refractivity contribution in [2.24, 2.45) is 0 Å². The maximum atomic E-state index is 12.9. The SMILES string of the molecule is CC(C)(C)OC(=O)NCCNC(=O)n1cc2c(n1)C1CN(C(=O)N1OS(=O)(=O)[O-])[C@@H]2CNC(=O)OC(C)(C)C.[Na+]. The first-order valence-electron chi connectivity index (χ1n) is 11.9. The molecule has 0 spiro atoms.